The zero-order valence-corrected chi connectivity index (χ0v) is 39.1. The molecule has 0 aliphatic heterocycles. The third-order valence-electron chi connectivity index (χ3n) is 15.5. The smallest absolute Gasteiger partial charge is 0.187 e. The van der Waals surface area contributed by atoms with Crippen molar-refractivity contribution >= 4 is 50.6 Å². The van der Waals surface area contributed by atoms with Crippen LogP contribution < -0.4 is 9.80 Å². The second-order valence-electron chi connectivity index (χ2n) is 18.3. The number of nitriles is 1. The Kier molecular flexibility index (Phi) is 10.6. The van der Waals surface area contributed by atoms with Crippen LogP contribution in [0.5, 0.6) is 0 Å². The minimum atomic E-state index is -0.0743. The summed E-state index contributed by atoms with van der Waals surface area (Å²) in [6, 6.07) is 72.3. The van der Waals surface area contributed by atoms with Crippen molar-refractivity contribution in [2.24, 2.45) is 0 Å². The Hall–Kier alpha value is -8.18. The molecule has 68 heavy (non-hydrogen) atoms. The van der Waals surface area contributed by atoms with Crippen LogP contribution in [0.2, 0.25) is 0 Å². The number of rotatable bonds is 11. The molecule has 0 aromatic heterocycles. The topological polar surface area (TPSA) is 34.6 Å². The van der Waals surface area contributed by atoms with Crippen molar-refractivity contribution in [2.45, 2.75) is 64.2 Å². The average molecular weight is 877 g/mol. The predicted octanol–water partition coefficient (Wildman–Crippen LogP) is 18.0. The van der Waals surface area contributed by atoms with Crippen molar-refractivity contribution in [1.82, 2.24) is 0 Å². The van der Waals surface area contributed by atoms with E-state index in [1.807, 2.05) is 24.3 Å². The van der Waals surface area contributed by atoms with Gasteiger partial charge >= 0.3 is 0 Å². The van der Waals surface area contributed by atoms with Crippen LogP contribution in [0.15, 0.2) is 194 Å². The molecule has 0 atom stereocenters. The molecule has 11 rings (SSSR count). The fourth-order valence-electron chi connectivity index (χ4n) is 11.9. The van der Waals surface area contributed by atoms with Crippen LogP contribution in [0, 0.1) is 17.9 Å². The van der Waals surface area contributed by atoms with E-state index in [-0.39, 0.29) is 10.8 Å². The molecule has 4 nitrogen and oxygen atoms in total. The Labute approximate surface area is 400 Å². The molecule has 0 bridgehead atoms. The first-order chi connectivity index (χ1) is 33.4. The first kappa shape index (κ1) is 42.5. The maximum absolute atomic E-state index is 9.79. The molecule has 0 saturated carbocycles. The Morgan fingerprint density at radius 1 is 0.426 bits per heavy atom. The normalized spacial score (nSPS) is 13.4. The van der Waals surface area contributed by atoms with E-state index in [9.17, 15) is 5.26 Å². The van der Waals surface area contributed by atoms with Gasteiger partial charge in [0, 0.05) is 44.7 Å². The van der Waals surface area contributed by atoms with Crippen molar-refractivity contribution in [2.75, 3.05) is 9.80 Å². The van der Waals surface area contributed by atoms with Gasteiger partial charge in [-0.1, -0.05) is 143 Å². The molecule has 9 aromatic rings. The number of benzene rings is 9. The van der Waals surface area contributed by atoms with Crippen LogP contribution in [0.3, 0.4) is 0 Å². The summed E-state index contributed by atoms with van der Waals surface area (Å²) < 4.78 is 0. The third kappa shape index (κ3) is 6.47. The number of hydrogen-bond acceptors (Lipinski definition) is 3. The molecule has 9 aromatic carbocycles. The summed E-state index contributed by atoms with van der Waals surface area (Å²) in [7, 11) is 0. The fraction of sp³-hybridized carbons (Fsp3) is 0.156. The molecule has 328 valence electrons. The summed E-state index contributed by atoms with van der Waals surface area (Å²) in [5.74, 6) is 0. The second kappa shape index (κ2) is 16.9. The lowest BCUT2D eigenvalue weighted by Gasteiger charge is -2.32. The van der Waals surface area contributed by atoms with E-state index in [0.29, 0.717) is 11.3 Å². The Balaban J connectivity index is 1.02. The van der Waals surface area contributed by atoms with Gasteiger partial charge in [0.2, 0.25) is 0 Å². The average Bonchev–Trinajstić information content (AvgIpc) is 3.85. The largest absolute Gasteiger partial charge is 0.311 e. The van der Waals surface area contributed by atoms with E-state index in [0.717, 1.165) is 81.7 Å². The summed E-state index contributed by atoms with van der Waals surface area (Å²) >= 11 is 0. The SMILES string of the molecule is [C-]#[N+]c1ccc(N(c2ccc(-c3ccc(N(c4ccc(C#N)cc4)c4ccc5c(c4)C(CC)(CC)c4ccccc4-5)c4ccccc34)cc2)c2ccc3c(c2)C(CC)(CC)c2ccccc2-3)cc1. The highest BCUT2D eigenvalue weighted by Crippen LogP contribution is 2.56. The van der Waals surface area contributed by atoms with Crippen LogP contribution in [0.25, 0.3) is 49.0 Å². The standard InChI is InChI=1S/C64H52N4/c1-6-63(7-2)58-20-14-12-17-53(58)55-36-34-49(40-60(55)63)67(47-32-26-45(66-5)27-33-47)46-30-24-44(25-31-46)51-38-39-62(57-19-11-10-16-52(51)57)68(48-28-22-43(42-65)23-29-48)50-35-37-56-54-18-13-15-21-59(54)64(8-3,9-4)61(56)41-50/h10-41H,6-9H2,1-4H3. The molecule has 0 spiro atoms. The minimum absolute atomic E-state index is 0.0592. The molecule has 2 aliphatic rings. The van der Waals surface area contributed by atoms with Crippen molar-refractivity contribution in [3.05, 3.63) is 233 Å². The highest BCUT2D eigenvalue weighted by molar-refractivity contribution is 6.06. The van der Waals surface area contributed by atoms with Gasteiger partial charge in [-0.3, -0.25) is 0 Å². The number of anilines is 6. The Morgan fingerprint density at radius 3 is 1.38 bits per heavy atom. The van der Waals surface area contributed by atoms with Crippen LogP contribution in [-0.2, 0) is 10.8 Å². The maximum atomic E-state index is 9.79. The van der Waals surface area contributed by atoms with Crippen LogP contribution in [-0.4, -0.2) is 0 Å². The number of hydrogen-bond donors (Lipinski definition) is 0. The van der Waals surface area contributed by atoms with Gasteiger partial charge in [-0.25, -0.2) is 4.85 Å². The van der Waals surface area contributed by atoms with Gasteiger partial charge in [0.1, 0.15) is 0 Å². The molecule has 0 saturated heterocycles. The fourth-order valence-corrected chi connectivity index (χ4v) is 11.9. The highest BCUT2D eigenvalue weighted by Gasteiger charge is 2.42. The molecular formula is C64H52N4. The third-order valence-corrected chi connectivity index (χ3v) is 15.5. The summed E-state index contributed by atoms with van der Waals surface area (Å²) in [5, 5.41) is 12.1. The van der Waals surface area contributed by atoms with Crippen LogP contribution in [0.1, 0.15) is 81.2 Å². The monoisotopic (exact) mass is 876 g/mol. The molecule has 0 fully saturated rings. The lowest BCUT2D eigenvalue weighted by molar-refractivity contribution is 0.490. The van der Waals surface area contributed by atoms with Gasteiger partial charge in [-0.05, 0) is 166 Å². The lowest BCUT2D eigenvalue weighted by atomic mass is 9.74. The van der Waals surface area contributed by atoms with Gasteiger partial charge in [0.15, 0.2) is 5.69 Å². The van der Waals surface area contributed by atoms with Gasteiger partial charge in [-0.2, -0.15) is 5.26 Å². The molecule has 2 aliphatic carbocycles. The quantitative estimate of drug-likeness (QED) is 0.121. The van der Waals surface area contributed by atoms with Crippen LogP contribution in [0.4, 0.5) is 39.8 Å². The lowest BCUT2D eigenvalue weighted by Crippen LogP contribution is -2.23. The van der Waals surface area contributed by atoms with E-state index < -0.39 is 0 Å². The van der Waals surface area contributed by atoms with Crippen molar-refractivity contribution in [1.29, 1.82) is 5.26 Å². The molecule has 0 amide bonds. The maximum Gasteiger partial charge on any atom is 0.187 e. The predicted molar refractivity (Wildman–Crippen MR) is 283 cm³/mol. The molecule has 0 radical (unpaired) electrons. The van der Waals surface area contributed by atoms with Crippen LogP contribution >= 0.6 is 0 Å². The summed E-state index contributed by atoms with van der Waals surface area (Å²) in [4.78, 5) is 8.40. The molecular weight excluding hydrogens is 825 g/mol. The Morgan fingerprint density at radius 2 is 0.853 bits per heavy atom. The van der Waals surface area contributed by atoms with Gasteiger partial charge in [0.05, 0.1) is 23.9 Å². The molecule has 0 heterocycles. The molecule has 0 N–H and O–H groups in total. The first-order valence-electron chi connectivity index (χ1n) is 24.1. The zero-order chi connectivity index (χ0) is 46.6. The Bertz CT molecular complexity index is 3470. The number of nitrogens with zero attached hydrogens (tertiary/aromatic N) is 4. The van der Waals surface area contributed by atoms with Gasteiger partial charge in [0.25, 0.3) is 0 Å². The number of fused-ring (bicyclic) bond motifs is 7. The van der Waals surface area contributed by atoms with E-state index in [4.69, 9.17) is 6.57 Å². The highest BCUT2D eigenvalue weighted by atomic mass is 15.1. The van der Waals surface area contributed by atoms with Crippen molar-refractivity contribution in [3.8, 4) is 39.4 Å². The van der Waals surface area contributed by atoms with E-state index in [1.54, 1.807) is 0 Å². The van der Waals surface area contributed by atoms with Gasteiger partial charge < -0.3 is 9.80 Å². The van der Waals surface area contributed by atoms with E-state index >= 15 is 0 Å². The van der Waals surface area contributed by atoms with Crippen molar-refractivity contribution < 1.29 is 0 Å². The summed E-state index contributed by atoms with van der Waals surface area (Å²) in [5.41, 5.74) is 20.6. The molecule has 0 unspecified atom stereocenters. The minimum Gasteiger partial charge on any atom is -0.311 e. The van der Waals surface area contributed by atoms with E-state index in [1.165, 1.54) is 44.5 Å². The van der Waals surface area contributed by atoms with Crippen molar-refractivity contribution in [3.63, 3.8) is 0 Å². The summed E-state index contributed by atoms with van der Waals surface area (Å²) in [6.45, 7) is 16.9. The van der Waals surface area contributed by atoms with Gasteiger partial charge in [-0.15, -0.1) is 0 Å². The summed E-state index contributed by atoms with van der Waals surface area (Å²) in [6.07, 6.45) is 4.06. The molecule has 4 heteroatoms. The first-order valence-corrected chi connectivity index (χ1v) is 24.1. The zero-order valence-electron chi connectivity index (χ0n) is 39.1. The van der Waals surface area contributed by atoms with E-state index in [2.05, 4.69) is 218 Å². The second-order valence-corrected chi connectivity index (χ2v) is 18.3.